The van der Waals surface area contributed by atoms with Crippen molar-refractivity contribution >= 4 is 5.91 Å². The molecule has 0 aromatic rings. The van der Waals surface area contributed by atoms with Gasteiger partial charge in [0.15, 0.2) is 0 Å². The average molecular weight is 252 g/mol. The third kappa shape index (κ3) is 4.18. The lowest BCUT2D eigenvalue weighted by molar-refractivity contribution is -0.142. The molecule has 1 saturated carbocycles. The van der Waals surface area contributed by atoms with Crippen molar-refractivity contribution in [1.82, 2.24) is 5.32 Å². The second-order valence-electron chi connectivity index (χ2n) is 5.03. The molecule has 0 bridgehead atoms. The Hall–Kier alpha value is -0.780. The molecule has 0 aromatic heterocycles. The Morgan fingerprint density at radius 1 is 1.29 bits per heavy atom. The molecule has 0 aromatic carbocycles. The van der Waals surface area contributed by atoms with Gasteiger partial charge >= 0.3 is 6.18 Å². The number of carbonyl (C=O) groups excluding carboxylic acids is 1. The van der Waals surface area contributed by atoms with Crippen LogP contribution in [0.4, 0.5) is 13.2 Å². The van der Waals surface area contributed by atoms with Gasteiger partial charge in [-0.3, -0.25) is 4.79 Å². The number of nitrogens with one attached hydrogen (secondary N) is 1. The van der Waals surface area contributed by atoms with Crippen molar-refractivity contribution in [2.24, 2.45) is 23.5 Å². The van der Waals surface area contributed by atoms with Crippen LogP contribution in [0.2, 0.25) is 0 Å². The highest BCUT2D eigenvalue weighted by atomic mass is 19.4. The topological polar surface area (TPSA) is 55.1 Å². The van der Waals surface area contributed by atoms with Gasteiger partial charge in [-0.25, -0.2) is 0 Å². The lowest BCUT2D eigenvalue weighted by Crippen LogP contribution is -2.46. The Morgan fingerprint density at radius 2 is 1.88 bits per heavy atom. The molecule has 17 heavy (non-hydrogen) atoms. The molecular formula is C11H19F3N2O. The Balaban J connectivity index is 2.51. The Labute approximate surface area is 98.9 Å². The minimum absolute atomic E-state index is 0.0815. The summed E-state index contributed by atoms with van der Waals surface area (Å²) in [5, 5.41) is 1.94. The van der Waals surface area contributed by atoms with Crippen molar-refractivity contribution in [2.75, 3.05) is 6.54 Å². The third-order valence-corrected chi connectivity index (χ3v) is 3.49. The summed E-state index contributed by atoms with van der Waals surface area (Å²) in [6, 6.07) is -0.104. The van der Waals surface area contributed by atoms with Crippen LogP contribution in [-0.4, -0.2) is 24.7 Å². The molecule has 0 radical (unpaired) electrons. The predicted octanol–water partition coefficient (Wildman–Crippen LogP) is 1.67. The number of hydrogen-bond donors (Lipinski definition) is 2. The number of rotatable bonds is 2. The van der Waals surface area contributed by atoms with Crippen LogP contribution in [0.3, 0.4) is 0 Å². The van der Waals surface area contributed by atoms with Gasteiger partial charge in [0.25, 0.3) is 0 Å². The fourth-order valence-corrected chi connectivity index (χ4v) is 2.37. The van der Waals surface area contributed by atoms with E-state index in [1.54, 1.807) is 0 Å². The van der Waals surface area contributed by atoms with Crippen LogP contribution in [0.1, 0.15) is 26.7 Å². The van der Waals surface area contributed by atoms with Crippen LogP contribution in [0, 0.1) is 17.8 Å². The second kappa shape index (κ2) is 5.25. The molecular weight excluding hydrogens is 233 g/mol. The van der Waals surface area contributed by atoms with Gasteiger partial charge < -0.3 is 11.1 Å². The number of hydrogen-bond acceptors (Lipinski definition) is 2. The van der Waals surface area contributed by atoms with Crippen molar-refractivity contribution in [3.63, 3.8) is 0 Å². The van der Waals surface area contributed by atoms with E-state index in [1.165, 1.54) is 0 Å². The molecule has 1 aliphatic rings. The van der Waals surface area contributed by atoms with E-state index in [0.717, 1.165) is 6.42 Å². The molecule has 3 nitrogen and oxygen atoms in total. The molecule has 100 valence electrons. The Morgan fingerprint density at radius 3 is 2.41 bits per heavy atom. The lowest BCUT2D eigenvalue weighted by Gasteiger charge is -2.36. The first-order chi connectivity index (χ1) is 7.70. The van der Waals surface area contributed by atoms with Crippen LogP contribution in [-0.2, 0) is 4.79 Å². The Kier molecular flexibility index (Phi) is 4.41. The summed E-state index contributed by atoms with van der Waals surface area (Å²) in [5.41, 5.74) is 5.85. The maximum absolute atomic E-state index is 12.0. The van der Waals surface area contributed by atoms with Crippen molar-refractivity contribution in [3.05, 3.63) is 0 Å². The highest BCUT2D eigenvalue weighted by Gasteiger charge is 2.36. The minimum Gasteiger partial charge on any atom is -0.347 e. The average Bonchev–Trinajstić information content (AvgIpc) is 2.19. The molecule has 0 aliphatic heterocycles. The van der Waals surface area contributed by atoms with Gasteiger partial charge in [0.2, 0.25) is 5.91 Å². The van der Waals surface area contributed by atoms with Crippen molar-refractivity contribution < 1.29 is 18.0 Å². The molecule has 1 rings (SSSR count). The molecule has 0 spiro atoms. The van der Waals surface area contributed by atoms with Gasteiger partial charge in [-0.15, -0.1) is 0 Å². The van der Waals surface area contributed by atoms with Gasteiger partial charge in [0, 0.05) is 12.0 Å². The molecule has 1 aliphatic carbocycles. The van der Waals surface area contributed by atoms with E-state index in [4.69, 9.17) is 5.73 Å². The molecule has 6 heteroatoms. The van der Waals surface area contributed by atoms with E-state index in [1.807, 2.05) is 19.2 Å². The molecule has 1 fully saturated rings. The van der Waals surface area contributed by atoms with E-state index in [-0.39, 0.29) is 12.0 Å². The van der Waals surface area contributed by atoms with Gasteiger partial charge in [-0.05, 0) is 24.7 Å². The molecule has 4 unspecified atom stereocenters. The fourth-order valence-electron chi connectivity index (χ4n) is 2.37. The first kappa shape index (κ1) is 14.3. The second-order valence-corrected chi connectivity index (χ2v) is 5.03. The van der Waals surface area contributed by atoms with E-state index in [2.05, 4.69) is 0 Å². The number of carbonyl (C=O) groups is 1. The first-order valence-corrected chi connectivity index (χ1v) is 5.80. The number of nitrogens with two attached hydrogens (primary N) is 1. The summed E-state index contributed by atoms with van der Waals surface area (Å²) < 4.78 is 35.9. The number of halogens is 3. The zero-order valence-corrected chi connectivity index (χ0v) is 10.1. The standard InChI is InChI=1S/C11H19F3N2O/c1-6-3-7(2)9(15)4-8(6)10(17)16-5-11(12,13)14/h6-9H,3-5,15H2,1-2H3,(H,16,17). The van der Waals surface area contributed by atoms with Gasteiger partial charge in [-0.2, -0.15) is 13.2 Å². The summed E-state index contributed by atoms with van der Waals surface area (Å²) >= 11 is 0. The normalized spacial score (nSPS) is 34.5. The SMILES string of the molecule is CC1CC(C)C(C(=O)NCC(F)(F)F)CC1N. The molecule has 3 N–H and O–H groups in total. The van der Waals surface area contributed by atoms with Gasteiger partial charge in [0.05, 0.1) is 0 Å². The fraction of sp³-hybridized carbons (Fsp3) is 0.909. The van der Waals surface area contributed by atoms with Crippen molar-refractivity contribution in [3.8, 4) is 0 Å². The largest absolute Gasteiger partial charge is 0.405 e. The number of amides is 1. The van der Waals surface area contributed by atoms with Crippen LogP contribution < -0.4 is 11.1 Å². The first-order valence-electron chi connectivity index (χ1n) is 5.80. The zero-order valence-electron chi connectivity index (χ0n) is 10.1. The van der Waals surface area contributed by atoms with Crippen LogP contribution in [0.15, 0.2) is 0 Å². The smallest absolute Gasteiger partial charge is 0.347 e. The Bertz CT molecular complexity index is 280. The summed E-state index contributed by atoms with van der Waals surface area (Å²) in [7, 11) is 0. The van der Waals surface area contributed by atoms with Crippen LogP contribution in [0.5, 0.6) is 0 Å². The van der Waals surface area contributed by atoms with E-state index >= 15 is 0 Å². The molecule has 1 amide bonds. The van der Waals surface area contributed by atoms with Crippen LogP contribution >= 0.6 is 0 Å². The molecule has 0 heterocycles. The van der Waals surface area contributed by atoms with Crippen molar-refractivity contribution in [1.29, 1.82) is 0 Å². The molecule has 4 atom stereocenters. The minimum atomic E-state index is -4.36. The molecule has 0 saturated heterocycles. The summed E-state index contributed by atoms with van der Waals surface area (Å²) in [6.07, 6.45) is -3.11. The third-order valence-electron chi connectivity index (χ3n) is 3.49. The summed E-state index contributed by atoms with van der Waals surface area (Å²) in [5.74, 6) is -0.532. The number of alkyl halides is 3. The van der Waals surface area contributed by atoms with Crippen LogP contribution in [0.25, 0.3) is 0 Å². The van der Waals surface area contributed by atoms with E-state index in [9.17, 15) is 18.0 Å². The van der Waals surface area contributed by atoms with Gasteiger partial charge in [-0.1, -0.05) is 13.8 Å². The predicted molar refractivity (Wildman–Crippen MR) is 58.1 cm³/mol. The quantitative estimate of drug-likeness (QED) is 0.785. The highest BCUT2D eigenvalue weighted by Crippen LogP contribution is 2.33. The lowest BCUT2D eigenvalue weighted by atomic mass is 9.72. The maximum Gasteiger partial charge on any atom is 0.405 e. The van der Waals surface area contributed by atoms with E-state index < -0.39 is 24.5 Å². The zero-order chi connectivity index (χ0) is 13.2. The summed E-state index contributed by atoms with van der Waals surface area (Å²) in [6.45, 7) is 2.63. The van der Waals surface area contributed by atoms with Gasteiger partial charge in [0.1, 0.15) is 6.54 Å². The van der Waals surface area contributed by atoms with Crippen molar-refractivity contribution in [2.45, 2.75) is 38.9 Å². The summed E-state index contributed by atoms with van der Waals surface area (Å²) in [4.78, 5) is 11.6. The highest BCUT2D eigenvalue weighted by molar-refractivity contribution is 5.79. The van der Waals surface area contributed by atoms with E-state index in [0.29, 0.717) is 12.3 Å². The monoisotopic (exact) mass is 252 g/mol. The maximum atomic E-state index is 12.0.